The fourth-order valence-corrected chi connectivity index (χ4v) is 3.45. The second-order valence-electron chi connectivity index (χ2n) is 6.24. The van der Waals surface area contributed by atoms with E-state index in [0.29, 0.717) is 18.8 Å². The van der Waals surface area contributed by atoms with E-state index in [-0.39, 0.29) is 18.9 Å². The molecule has 1 fully saturated rings. The Hall–Kier alpha value is -1.03. The smallest absolute Gasteiger partial charge is 0.316 e. The van der Waals surface area contributed by atoms with Gasteiger partial charge in [0.1, 0.15) is 0 Å². The van der Waals surface area contributed by atoms with E-state index in [0.717, 1.165) is 6.42 Å². The summed E-state index contributed by atoms with van der Waals surface area (Å²) in [6.45, 7) is 2.06. The molecule has 1 unspecified atom stereocenters. The zero-order chi connectivity index (χ0) is 15.5. The van der Waals surface area contributed by atoms with Crippen LogP contribution in [0.1, 0.15) is 36.8 Å². The number of nitrogens with one attached hydrogen (secondary N) is 1. The molecule has 1 nitrogen and oxygen atoms in total. The Morgan fingerprint density at radius 3 is 2.38 bits per heavy atom. The summed E-state index contributed by atoms with van der Waals surface area (Å²) >= 11 is 0. The van der Waals surface area contributed by atoms with Gasteiger partial charge < -0.3 is 5.32 Å². The summed E-state index contributed by atoms with van der Waals surface area (Å²) in [6.07, 6.45) is -1.24. The molecule has 118 valence electrons. The fourth-order valence-electron chi connectivity index (χ4n) is 3.45. The minimum absolute atomic E-state index is 0.265. The molecule has 0 amide bonds. The van der Waals surface area contributed by atoms with Crippen molar-refractivity contribution >= 4 is 0 Å². The first-order chi connectivity index (χ1) is 9.90. The van der Waals surface area contributed by atoms with Gasteiger partial charge in [0, 0.05) is 6.04 Å². The minimum Gasteiger partial charge on any atom is -0.316 e. The van der Waals surface area contributed by atoms with Gasteiger partial charge in [0.05, 0.1) is 5.92 Å². The van der Waals surface area contributed by atoms with E-state index in [2.05, 4.69) is 30.4 Å². The quantitative estimate of drug-likeness (QED) is 0.863. The molecule has 1 atom stereocenters. The molecule has 1 N–H and O–H groups in total. The van der Waals surface area contributed by atoms with Crippen LogP contribution < -0.4 is 5.32 Å². The number of hydrogen-bond acceptors (Lipinski definition) is 1. The molecular formula is C17H24F3N. The van der Waals surface area contributed by atoms with Gasteiger partial charge in [-0.05, 0) is 57.6 Å². The van der Waals surface area contributed by atoms with E-state index in [4.69, 9.17) is 0 Å². The first-order valence-electron chi connectivity index (χ1n) is 7.69. The van der Waals surface area contributed by atoms with Crippen molar-refractivity contribution < 1.29 is 13.2 Å². The molecule has 1 aromatic rings. The third-order valence-corrected chi connectivity index (χ3v) is 4.71. The standard InChI is InChI=1S/C17H24F3N/c1-12-4-3-5-13(10-12)11-16(21-2)14-6-8-15(9-7-14)17(18,19)20/h3-5,10,14-16,21H,6-9,11H2,1-2H3. The van der Waals surface area contributed by atoms with Crippen LogP contribution in [0.4, 0.5) is 13.2 Å². The topological polar surface area (TPSA) is 12.0 Å². The third kappa shape index (κ3) is 4.47. The van der Waals surface area contributed by atoms with Crippen LogP contribution in [-0.2, 0) is 6.42 Å². The fraction of sp³-hybridized carbons (Fsp3) is 0.647. The lowest BCUT2D eigenvalue weighted by molar-refractivity contribution is -0.184. The van der Waals surface area contributed by atoms with Gasteiger partial charge in [-0.25, -0.2) is 0 Å². The molecule has 1 aliphatic carbocycles. The number of aryl methyl sites for hydroxylation is 1. The van der Waals surface area contributed by atoms with Gasteiger partial charge in [-0.15, -0.1) is 0 Å². The van der Waals surface area contributed by atoms with Crippen LogP contribution in [0.5, 0.6) is 0 Å². The lowest BCUT2D eigenvalue weighted by Gasteiger charge is -2.34. The van der Waals surface area contributed by atoms with Crippen molar-refractivity contribution in [2.75, 3.05) is 7.05 Å². The predicted octanol–water partition coefficient (Wildman–Crippen LogP) is 4.49. The summed E-state index contributed by atoms with van der Waals surface area (Å²) in [5.74, 6) is -0.751. The molecule has 1 saturated carbocycles. The molecule has 0 saturated heterocycles. The van der Waals surface area contributed by atoms with E-state index in [1.807, 2.05) is 13.1 Å². The third-order valence-electron chi connectivity index (χ3n) is 4.71. The van der Waals surface area contributed by atoms with Crippen molar-refractivity contribution in [3.05, 3.63) is 35.4 Å². The highest BCUT2D eigenvalue weighted by atomic mass is 19.4. The number of likely N-dealkylation sites (N-methyl/N-ethyl adjacent to an activating group) is 1. The van der Waals surface area contributed by atoms with Crippen molar-refractivity contribution in [1.29, 1.82) is 0 Å². The van der Waals surface area contributed by atoms with Gasteiger partial charge in [-0.3, -0.25) is 0 Å². The van der Waals surface area contributed by atoms with E-state index in [1.165, 1.54) is 11.1 Å². The first kappa shape index (κ1) is 16.3. The van der Waals surface area contributed by atoms with Crippen molar-refractivity contribution in [2.24, 2.45) is 11.8 Å². The molecule has 4 heteroatoms. The number of benzene rings is 1. The van der Waals surface area contributed by atoms with Gasteiger partial charge in [-0.2, -0.15) is 13.2 Å². The summed E-state index contributed by atoms with van der Waals surface area (Å²) in [7, 11) is 1.91. The summed E-state index contributed by atoms with van der Waals surface area (Å²) in [6, 6.07) is 8.62. The number of alkyl halides is 3. The SMILES string of the molecule is CNC(Cc1cccc(C)c1)C1CCC(C(F)(F)F)CC1. The molecule has 21 heavy (non-hydrogen) atoms. The zero-order valence-corrected chi connectivity index (χ0v) is 12.7. The van der Waals surface area contributed by atoms with Crippen molar-refractivity contribution in [2.45, 2.75) is 51.2 Å². The van der Waals surface area contributed by atoms with E-state index < -0.39 is 12.1 Å². The summed E-state index contributed by atoms with van der Waals surface area (Å²) < 4.78 is 38.2. The Bertz CT molecular complexity index is 448. The maximum absolute atomic E-state index is 12.7. The molecule has 0 bridgehead atoms. The van der Waals surface area contributed by atoms with Gasteiger partial charge >= 0.3 is 6.18 Å². The van der Waals surface area contributed by atoms with Gasteiger partial charge in [0.2, 0.25) is 0 Å². The average molecular weight is 299 g/mol. The highest BCUT2D eigenvalue weighted by molar-refractivity contribution is 5.23. The van der Waals surface area contributed by atoms with Crippen molar-refractivity contribution in [3.63, 3.8) is 0 Å². The van der Waals surface area contributed by atoms with Crippen LogP contribution >= 0.6 is 0 Å². The van der Waals surface area contributed by atoms with Crippen LogP contribution in [0.3, 0.4) is 0 Å². The van der Waals surface area contributed by atoms with Gasteiger partial charge in [0.15, 0.2) is 0 Å². The molecule has 0 aromatic heterocycles. The molecule has 1 aromatic carbocycles. The van der Waals surface area contributed by atoms with E-state index in [1.54, 1.807) is 0 Å². The predicted molar refractivity (Wildman–Crippen MR) is 79.2 cm³/mol. The molecule has 0 aliphatic heterocycles. The van der Waals surface area contributed by atoms with E-state index >= 15 is 0 Å². The van der Waals surface area contributed by atoms with Crippen molar-refractivity contribution in [3.8, 4) is 0 Å². The Labute approximate surface area is 124 Å². The van der Waals surface area contributed by atoms with E-state index in [9.17, 15) is 13.2 Å². The highest BCUT2D eigenvalue weighted by Crippen LogP contribution is 2.40. The normalized spacial score (nSPS) is 24.8. The Morgan fingerprint density at radius 1 is 1.19 bits per heavy atom. The average Bonchev–Trinajstić information content (AvgIpc) is 2.44. The summed E-state index contributed by atoms with van der Waals surface area (Å²) in [4.78, 5) is 0. The number of hydrogen-bond donors (Lipinski definition) is 1. The maximum Gasteiger partial charge on any atom is 0.391 e. The minimum atomic E-state index is -4.02. The molecule has 1 aliphatic rings. The lowest BCUT2D eigenvalue weighted by atomic mass is 9.77. The zero-order valence-electron chi connectivity index (χ0n) is 12.7. The lowest BCUT2D eigenvalue weighted by Crippen LogP contribution is -2.39. The molecule has 0 heterocycles. The van der Waals surface area contributed by atoms with Crippen LogP contribution in [0.2, 0.25) is 0 Å². The highest BCUT2D eigenvalue weighted by Gasteiger charge is 2.42. The van der Waals surface area contributed by atoms with Crippen LogP contribution in [0.15, 0.2) is 24.3 Å². The Balaban J connectivity index is 1.94. The van der Waals surface area contributed by atoms with Crippen molar-refractivity contribution in [1.82, 2.24) is 5.32 Å². The molecular weight excluding hydrogens is 275 g/mol. The Morgan fingerprint density at radius 2 is 1.86 bits per heavy atom. The summed E-state index contributed by atoms with van der Waals surface area (Å²) in [5.41, 5.74) is 2.48. The summed E-state index contributed by atoms with van der Waals surface area (Å²) in [5, 5.41) is 3.31. The molecule has 0 radical (unpaired) electrons. The largest absolute Gasteiger partial charge is 0.391 e. The molecule has 2 rings (SSSR count). The second kappa shape index (κ2) is 6.82. The van der Waals surface area contributed by atoms with Crippen LogP contribution in [-0.4, -0.2) is 19.3 Å². The second-order valence-corrected chi connectivity index (χ2v) is 6.24. The van der Waals surface area contributed by atoms with Crippen LogP contribution in [0.25, 0.3) is 0 Å². The number of rotatable bonds is 4. The van der Waals surface area contributed by atoms with Gasteiger partial charge in [-0.1, -0.05) is 29.8 Å². The molecule has 0 spiro atoms. The van der Waals surface area contributed by atoms with Crippen LogP contribution in [0, 0.1) is 18.8 Å². The maximum atomic E-state index is 12.7. The first-order valence-corrected chi connectivity index (χ1v) is 7.69. The van der Waals surface area contributed by atoms with Gasteiger partial charge in [0.25, 0.3) is 0 Å². The number of halogens is 3. The Kier molecular flexibility index (Phi) is 5.31. The monoisotopic (exact) mass is 299 g/mol.